The van der Waals surface area contributed by atoms with Crippen LogP contribution in [0.3, 0.4) is 0 Å². The molecule has 1 aromatic carbocycles. The molecule has 1 aliphatic carbocycles. The van der Waals surface area contributed by atoms with Gasteiger partial charge in [0.05, 0.1) is 5.38 Å². The molecule has 2 rings (SSSR count). The summed E-state index contributed by atoms with van der Waals surface area (Å²) in [5.74, 6) is 0.151. The van der Waals surface area contributed by atoms with E-state index in [0.29, 0.717) is 0 Å². The topological polar surface area (TPSA) is 29.1 Å². The molecule has 1 atom stereocenters. The highest BCUT2D eigenvalue weighted by molar-refractivity contribution is 6.21. The van der Waals surface area contributed by atoms with Crippen LogP contribution in [0.2, 0.25) is 0 Å². The molecule has 104 valence electrons. The van der Waals surface area contributed by atoms with Gasteiger partial charge < -0.3 is 5.32 Å². The number of rotatable bonds is 3. The minimum atomic E-state index is -0.114. The fraction of sp³-hybridized carbons (Fsp3) is 0.562. The van der Waals surface area contributed by atoms with Crippen molar-refractivity contribution < 1.29 is 4.79 Å². The van der Waals surface area contributed by atoms with Gasteiger partial charge in [-0.05, 0) is 29.4 Å². The first-order chi connectivity index (χ1) is 8.69. The number of amides is 1. The number of para-hydroxylation sites is 1. The molecule has 0 spiro atoms. The second-order valence-electron chi connectivity index (χ2n) is 6.57. The lowest BCUT2D eigenvalue weighted by molar-refractivity contribution is -0.118. The first-order valence-electron chi connectivity index (χ1n) is 6.73. The van der Waals surface area contributed by atoms with Gasteiger partial charge in [-0.15, -0.1) is 11.6 Å². The third-order valence-corrected chi connectivity index (χ3v) is 5.17. The van der Waals surface area contributed by atoms with Crippen molar-refractivity contribution in [2.75, 3.05) is 5.32 Å². The van der Waals surface area contributed by atoms with Crippen LogP contribution in [0.15, 0.2) is 24.3 Å². The molecule has 1 N–H and O–H groups in total. The molecule has 1 aliphatic rings. The van der Waals surface area contributed by atoms with Gasteiger partial charge in [-0.2, -0.15) is 0 Å². The van der Waals surface area contributed by atoms with E-state index in [1.807, 2.05) is 31.2 Å². The Morgan fingerprint density at radius 1 is 1.21 bits per heavy atom. The van der Waals surface area contributed by atoms with Gasteiger partial charge >= 0.3 is 0 Å². The van der Waals surface area contributed by atoms with Gasteiger partial charge in [0.2, 0.25) is 5.91 Å². The lowest BCUT2D eigenvalue weighted by atomic mass is 10.0. The number of halogens is 1. The third kappa shape index (κ3) is 2.27. The van der Waals surface area contributed by atoms with Crippen molar-refractivity contribution in [2.45, 2.75) is 40.0 Å². The van der Waals surface area contributed by atoms with E-state index in [1.54, 1.807) is 0 Å². The molecular weight excluding hydrogens is 258 g/mol. The SMILES string of the molecule is CC(Cl)c1ccccc1NC(=O)C1C(C)(C)C1(C)C. The molecule has 0 radical (unpaired) electrons. The summed E-state index contributed by atoms with van der Waals surface area (Å²) in [6.07, 6.45) is 0. The molecule has 1 amide bonds. The van der Waals surface area contributed by atoms with Crippen LogP contribution in [0.5, 0.6) is 0 Å². The summed E-state index contributed by atoms with van der Waals surface area (Å²) in [4.78, 5) is 12.4. The summed E-state index contributed by atoms with van der Waals surface area (Å²) >= 11 is 6.15. The van der Waals surface area contributed by atoms with Gasteiger partial charge in [0, 0.05) is 11.6 Å². The highest BCUT2D eigenvalue weighted by Crippen LogP contribution is 2.68. The monoisotopic (exact) mass is 279 g/mol. The predicted octanol–water partition coefficient (Wildman–Crippen LogP) is 4.61. The Labute approximate surface area is 120 Å². The molecular formula is C16H22ClNO. The number of alkyl halides is 1. The van der Waals surface area contributed by atoms with Crippen LogP contribution in [-0.2, 0) is 4.79 Å². The number of carbonyl (C=O) groups excluding carboxylic acids is 1. The van der Waals surface area contributed by atoms with E-state index in [9.17, 15) is 4.79 Å². The van der Waals surface area contributed by atoms with Crippen LogP contribution in [-0.4, -0.2) is 5.91 Å². The highest BCUT2D eigenvalue weighted by atomic mass is 35.5. The fourth-order valence-electron chi connectivity index (χ4n) is 3.01. The van der Waals surface area contributed by atoms with Gasteiger partial charge in [0.15, 0.2) is 0 Å². The first kappa shape index (κ1) is 14.4. The summed E-state index contributed by atoms with van der Waals surface area (Å²) in [6.45, 7) is 10.5. The number of benzene rings is 1. The smallest absolute Gasteiger partial charge is 0.228 e. The molecule has 19 heavy (non-hydrogen) atoms. The first-order valence-corrected chi connectivity index (χ1v) is 7.17. The second-order valence-corrected chi connectivity index (χ2v) is 7.22. The Kier molecular flexibility index (Phi) is 3.42. The standard InChI is InChI=1S/C16H22ClNO/c1-10(17)11-8-6-7-9-12(11)18-14(19)13-15(2,3)16(13,4)5/h6-10,13H,1-5H3,(H,18,19). The lowest BCUT2D eigenvalue weighted by Gasteiger charge is -2.13. The van der Waals surface area contributed by atoms with E-state index < -0.39 is 0 Å². The van der Waals surface area contributed by atoms with Gasteiger partial charge in [-0.25, -0.2) is 0 Å². The number of anilines is 1. The van der Waals surface area contributed by atoms with Gasteiger partial charge in [0.1, 0.15) is 0 Å². The van der Waals surface area contributed by atoms with Crippen molar-refractivity contribution >= 4 is 23.2 Å². The molecule has 0 heterocycles. The minimum absolute atomic E-state index is 0.0542. The minimum Gasteiger partial charge on any atom is -0.326 e. The molecule has 0 saturated heterocycles. The third-order valence-electron chi connectivity index (χ3n) is 4.93. The van der Waals surface area contributed by atoms with Crippen molar-refractivity contribution in [3.63, 3.8) is 0 Å². The Morgan fingerprint density at radius 3 is 2.21 bits per heavy atom. The zero-order chi connectivity index (χ0) is 14.4. The Hall–Kier alpha value is -1.02. The van der Waals surface area contributed by atoms with Crippen molar-refractivity contribution in [3.05, 3.63) is 29.8 Å². The van der Waals surface area contributed by atoms with Gasteiger partial charge in [-0.1, -0.05) is 45.9 Å². The molecule has 1 aromatic rings. The largest absolute Gasteiger partial charge is 0.326 e. The van der Waals surface area contributed by atoms with Crippen LogP contribution in [0.25, 0.3) is 0 Å². The zero-order valence-electron chi connectivity index (χ0n) is 12.3. The molecule has 3 heteroatoms. The van der Waals surface area contributed by atoms with Crippen LogP contribution >= 0.6 is 11.6 Å². The highest BCUT2D eigenvalue weighted by Gasteiger charge is 2.68. The number of hydrogen-bond acceptors (Lipinski definition) is 1. The zero-order valence-corrected chi connectivity index (χ0v) is 13.0. The molecule has 2 nitrogen and oxygen atoms in total. The Morgan fingerprint density at radius 2 is 1.74 bits per heavy atom. The van der Waals surface area contributed by atoms with Crippen LogP contribution < -0.4 is 5.32 Å². The maximum absolute atomic E-state index is 12.4. The average Bonchev–Trinajstić information content (AvgIpc) is 2.69. The normalized spacial score (nSPS) is 21.8. The predicted molar refractivity (Wildman–Crippen MR) is 80.4 cm³/mol. The molecule has 1 unspecified atom stereocenters. The van der Waals surface area contributed by atoms with Gasteiger partial charge in [0.25, 0.3) is 0 Å². The summed E-state index contributed by atoms with van der Waals surface area (Å²) < 4.78 is 0. The van der Waals surface area contributed by atoms with E-state index in [-0.39, 0.29) is 28.0 Å². The van der Waals surface area contributed by atoms with E-state index in [2.05, 4.69) is 33.0 Å². The Bertz CT molecular complexity index is 491. The van der Waals surface area contributed by atoms with Crippen molar-refractivity contribution in [1.29, 1.82) is 0 Å². The van der Waals surface area contributed by atoms with Crippen LogP contribution in [0.1, 0.15) is 45.6 Å². The summed E-state index contributed by atoms with van der Waals surface area (Å²) in [6, 6.07) is 7.72. The van der Waals surface area contributed by atoms with Gasteiger partial charge in [-0.3, -0.25) is 4.79 Å². The maximum Gasteiger partial charge on any atom is 0.228 e. The summed E-state index contributed by atoms with van der Waals surface area (Å²) in [5.41, 5.74) is 1.90. The quantitative estimate of drug-likeness (QED) is 0.805. The van der Waals surface area contributed by atoms with Crippen LogP contribution in [0.4, 0.5) is 5.69 Å². The molecule has 0 aromatic heterocycles. The van der Waals surface area contributed by atoms with Crippen molar-refractivity contribution in [2.24, 2.45) is 16.7 Å². The molecule has 0 aliphatic heterocycles. The average molecular weight is 280 g/mol. The number of carbonyl (C=O) groups is 1. The van der Waals surface area contributed by atoms with E-state index in [0.717, 1.165) is 11.3 Å². The summed E-state index contributed by atoms with van der Waals surface area (Å²) in [5, 5.41) is 2.93. The number of hydrogen-bond donors (Lipinski definition) is 1. The van der Waals surface area contributed by atoms with E-state index in [1.165, 1.54) is 0 Å². The van der Waals surface area contributed by atoms with Crippen LogP contribution in [0, 0.1) is 16.7 Å². The molecule has 1 fully saturated rings. The molecule has 1 saturated carbocycles. The second kappa shape index (κ2) is 4.52. The Balaban J connectivity index is 2.18. The van der Waals surface area contributed by atoms with E-state index >= 15 is 0 Å². The van der Waals surface area contributed by atoms with Crippen molar-refractivity contribution in [1.82, 2.24) is 0 Å². The maximum atomic E-state index is 12.4. The lowest BCUT2D eigenvalue weighted by Crippen LogP contribution is -2.18. The fourth-order valence-corrected chi connectivity index (χ4v) is 3.20. The summed E-state index contributed by atoms with van der Waals surface area (Å²) in [7, 11) is 0. The number of nitrogens with one attached hydrogen (secondary N) is 1. The molecule has 0 bridgehead atoms. The van der Waals surface area contributed by atoms with Crippen molar-refractivity contribution in [3.8, 4) is 0 Å². The van der Waals surface area contributed by atoms with E-state index in [4.69, 9.17) is 11.6 Å².